The summed E-state index contributed by atoms with van der Waals surface area (Å²) in [5, 5.41) is 9.41. The number of hydrogen-bond donors (Lipinski definition) is 3. The molecule has 0 amide bonds. The van der Waals surface area contributed by atoms with Gasteiger partial charge in [0.25, 0.3) is 0 Å². The second-order valence-corrected chi connectivity index (χ2v) is 10.9. The van der Waals surface area contributed by atoms with Crippen molar-refractivity contribution in [3.05, 3.63) is 0 Å². The fraction of sp³-hybridized carbons (Fsp3) is 0.913. The Kier molecular flexibility index (Phi) is 4.56. The third-order valence-electron chi connectivity index (χ3n) is 10.3. The topological polar surface area (TPSA) is 106 Å². The van der Waals surface area contributed by atoms with Crippen molar-refractivity contribution in [2.75, 3.05) is 0 Å². The maximum Gasteiger partial charge on any atom is 0.303 e. The first kappa shape index (κ1) is 20.3. The molecule has 0 bridgehead atoms. The highest BCUT2D eigenvalue weighted by Crippen LogP contribution is 2.69. The lowest BCUT2D eigenvalue weighted by atomic mass is 9.37. The van der Waals surface area contributed by atoms with Gasteiger partial charge in [-0.1, -0.05) is 33.6 Å². The summed E-state index contributed by atoms with van der Waals surface area (Å²) in [6.45, 7) is 6.61. The highest BCUT2D eigenvalue weighted by molar-refractivity contribution is 5.88. The first-order chi connectivity index (χ1) is 13.0. The van der Waals surface area contributed by atoms with E-state index in [1.54, 1.807) is 0 Å². The van der Waals surface area contributed by atoms with E-state index < -0.39 is 17.0 Å². The molecular formula is C23H38N2O3. The maximum absolute atomic E-state index is 13.9. The number of ketones is 1. The highest BCUT2D eigenvalue weighted by Gasteiger charge is 2.73. The van der Waals surface area contributed by atoms with Crippen LogP contribution in [0, 0.1) is 34.5 Å². The lowest BCUT2D eigenvalue weighted by Gasteiger charge is -2.70. The van der Waals surface area contributed by atoms with Crippen LogP contribution in [0.25, 0.3) is 0 Å². The van der Waals surface area contributed by atoms with Crippen LogP contribution in [-0.4, -0.2) is 27.9 Å². The molecule has 4 fully saturated rings. The van der Waals surface area contributed by atoms with E-state index in [4.69, 9.17) is 11.5 Å². The molecule has 0 spiro atoms. The Morgan fingerprint density at radius 1 is 1.07 bits per heavy atom. The molecule has 5 nitrogen and oxygen atoms in total. The van der Waals surface area contributed by atoms with Gasteiger partial charge in [-0.2, -0.15) is 0 Å². The second kappa shape index (κ2) is 6.28. The van der Waals surface area contributed by atoms with Gasteiger partial charge in [0.1, 0.15) is 5.78 Å². The molecule has 28 heavy (non-hydrogen) atoms. The first-order valence-corrected chi connectivity index (χ1v) is 11.4. The first-order valence-electron chi connectivity index (χ1n) is 11.4. The molecule has 0 aromatic carbocycles. The standard InChI is InChI=1S/C23H38N2O3/c1-4-15-19(28)18-16-8-7-14(13-17(26)27)20(16,2)11-12-23(18,25)21(3)9-5-6-10-22(15,21)24/h14-16,18H,4-13,24-25H2,1-3H3,(H,26,27)/t14?,15-,16?,18?,20?,21?,22?,23+/m0/s1. The molecule has 5 heteroatoms. The molecule has 4 rings (SSSR count). The number of carbonyl (C=O) groups excluding carboxylic acids is 1. The number of hydrogen-bond acceptors (Lipinski definition) is 4. The second-order valence-electron chi connectivity index (χ2n) is 10.9. The normalized spacial score (nSPS) is 53.2. The van der Waals surface area contributed by atoms with Crippen LogP contribution in [0.4, 0.5) is 0 Å². The number of aliphatic carboxylic acids is 1. The van der Waals surface area contributed by atoms with E-state index in [1.807, 2.05) is 0 Å². The average molecular weight is 391 g/mol. The number of rotatable bonds is 3. The van der Waals surface area contributed by atoms with Gasteiger partial charge in [-0.25, -0.2) is 0 Å². The van der Waals surface area contributed by atoms with Crippen molar-refractivity contribution in [2.24, 2.45) is 46.0 Å². The minimum absolute atomic E-state index is 0.0977. The summed E-state index contributed by atoms with van der Waals surface area (Å²) in [5.74, 6) is -0.386. The number of nitrogens with two attached hydrogens (primary N) is 2. The fourth-order valence-electron chi connectivity index (χ4n) is 8.55. The van der Waals surface area contributed by atoms with Crippen molar-refractivity contribution in [3.8, 4) is 0 Å². The van der Waals surface area contributed by atoms with Crippen LogP contribution in [0.5, 0.6) is 0 Å². The molecule has 0 aliphatic heterocycles. The molecule has 0 heterocycles. The summed E-state index contributed by atoms with van der Waals surface area (Å²) in [7, 11) is 0. The van der Waals surface area contributed by atoms with Crippen LogP contribution in [0.2, 0.25) is 0 Å². The fourth-order valence-corrected chi connectivity index (χ4v) is 8.55. The van der Waals surface area contributed by atoms with Gasteiger partial charge in [-0.05, 0) is 62.2 Å². The van der Waals surface area contributed by atoms with E-state index in [0.29, 0.717) is 5.78 Å². The minimum Gasteiger partial charge on any atom is -0.481 e. The van der Waals surface area contributed by atoms with Gasteiger partial charge in [0.2, 0.25) is 0 Å². The smallest absolute Gasteiger partial charge is 0.303 e. The summed E-state index contributed by atoms with van der Waals surface area (Å²) in [4.78, 5) is 25.4. The molecular weight excluding hydrogens is 352 g/mol. The van der Waals surface area contributed by atoms with Crippen molar-refractivity contribution in [2.45, 2.75) is 96.1 Å². The molecule has 158 valence electrons. The van der Waals surface area contributed by atoms with Gasteiger partial charge in [0, 0.05) is 34.7 Å². The molecule has 0 saturated heterocycles. The Labute approximate surface area is 169 Å². The summed E-state index contributed by atoms with van der Waals surface area (Å²) < 4.78 is 0. The Bertz CT molecular complexity index is 695. The maximum atomic E-state index is 13.9. The largest absolute Gasteiger partial charge is 0.481 e. The molecule has 5 N–H and O–H groups in total. The van der Waals surface area contributed by atoms with Crippen LogP contribution in [0.15, 0.2) is 0 Å². The Hall–Kier alpha value is -0.940. The molecule has 4 aliphatic rings. The van der Waals surface area contributed by atoms with Gasteiger partial charge in [0.05, 0.1) is 0 Å². The summed E-state index contributed by atoms with van der Waals surface area (Å²) >= 11 is 0. The molecule has 4 saturated carbocycles. The number of carboxylic acids is 1. The zero-order chi connectivity index (χ0) is 20.5. The number of carboxylic acid groups (broad SMARTS) is 1. The third-order valence-corrected chi connectivity index (χ3v) is 10.3. The zero-order valence-corrected chi connectivity index (χ0v) is 17.8. The van der Waals surface area contributed by atoms with E-state index in [0.717, 1.165) is 57.8 Å². The Balaban J connectivity index is 1.80. The van der Waals surface area contributed by atoms with Crippen molar-refractivity contribution < 1.29 is 14.7 Å². The molecule has 0 aromatic heterocycles. The number of fused-ring (bicyclic) bond motifs is 5. The van der Waals surface area contributed by atoms with Gasteiger partial charge >= 0.3 is 5.97 Å². The molecule has 8 atom stereocenters. The molecule has 4 aliphatic carbocycles. The van der Waals surface area contributed by atoms with Gasteiger partial charge < -0.3 is 16.6 Å². The Morgan fingerprint density at radius 3 is 2.39 bits per heavy atom. The molecule has 6 unspecified atom stereocenters. The summed E-state index contributed by atoms with van der Waals surface area (Å²) in [6.07, 6.45) is 8.62. The summed E-state index contributed by atoms with van der Waals surface area (Å²) in [5.41, 5.74) is 13.0. The van der Waals surface area contributed by atoms with Crippen molar-refractivity contribution in [3.63, 3.8) is 0 Å². The average Bonchev–Trinajstić information content (AvgIpc) is 2.93. The van der Waals surface area contributed by atoms with Gasteiger partial charge in [-0.3, -0.25) is 9.59 Å². The lowest BCUT2D eigenvalue weighted by Crippen LogP contribution is -2.82. The highest BCUT2D eigenvalue weighted by atomic mass is 16.4. The monoisotopic (exact) mass is 390 g/mol. The minimum atomic E-state index is -0.724. The molecule has 0 radical (unpaired) electrons. The van der Waals surface area contributed by atoms with Crippen molar-refractivity contribution in [1.82, 2.24) is 0 Å². The molecule has 0 aromatic rings. The lowest BCUT2D eigenvalue weighted by molar-refractivity contribution is -0.179. The van der Waals surface area contributed by atoms with Crippen molar-refractivity contribution in [1.29, 1.82) is 0 Å². The predicted molar refractivity (Wildman–Crippen MR) is 108 cm³/mol. The van der Waals surface area contributed by atoms with Crippen LogP contribution >= 0.6 is 0 Å². The van der Waals surface area contributed by atoms with E-state index in [9.17, 15) is 14.7 Å². The zero-order valence-electron chi connectivity index (χ0n) is 17.8. The van der Waals surface area contributed by atoms with E-state index in [-0.39, 0.29) is 40.9 Å². The Morgan fingerprint density at radius 2 is 1.75 bits per heavy atom. The SMILES string of the molecule is CC[C@H]1C(=O)C2C3CCC(CC(=O)O)C3(C)CC[C@]2(N)C2(C)CCCCC12N. The van der Waals surface area contributed by atoms with Gasteiger partial charge in [-0.15, -0.1) is 0 Å². The predicted octanol–water partition coefficient (Wildman–Crippen LogP) is 3.49. The van der Waals surface area contributed by atoms with Crippen molar-refractivity contribution >= 4 is 11.8 Å². The number of carbonyl (C=O) groups is 2. The van der Waals surface area contributed by atoms with Gasteiger partial charge in [0.15, 0.2) is 0 Å². The summed E-state index contributed by atoms with van der Waals surface area (Å²) in [6, 6.07) is 0. The third kappa shape index (κ3) is 2.26. The van der Waals surface area contributed by atoms with Crippen LogP contribution in [0.1, 0.15) is 85.0 Å². The van der Waals surface area contributed by atoms with Crippen LogP contribution < -0.4 is 11.5 Å². The van der Waals surface area contributed by atoms with E-state index in [1.165, 1.54) is 0 Å². The van der Waals surface area contributed by atoms with E-state index >= 15 is 0 Å². The van der Waals surface area contributed by atoms with Crippen LogP contribution in [-0.2, 0) is 9.59 Å². The van der Waals surface area contributed by atoms with Crippen LogP contribution in [0.3, 0.4) is 0 Å². The quantitative estimate of drug-likeness (QED) is 0.684. The van der Waals surface area contributed by atoms with E-state index in [2.05, 4.69) is 20.8 Å². The number of Topliss-reactive ketones (excluding diaryl/α,β-unsaturated/α-hetero) is 1.